The fourth-order valence-electron chi connectivity index (χ4n) is 3.74. The molecule has 0 amide bonds. The minimum absolute atomic E-state index is 0.281. The van der Waals surface area contributed by atoms with E-state index in [2.05, 4.69) is 17.1 Å². The van der Waals surface area contributed by atoms with Crippen LogP contribution in [0.1, 0.15) is 31.2 Å². The second-order valence-electron chi connectivity index (χ2n) is 8.02. The van der Waals surface area contributed by atoms with Crippen molar-refractivity contribution < 1.29 is 22.4 Å². The van der Waals surface area contributed by atoms with E-state index in [1.54, 1.807) is 48.9 Å². The Morgan fingerprint density at radius 1 is 1.03 bits per heavy atom. The molecule has 0 spiro atoms. The van der Waals surface area contributed by atoms with Crippen LogP contribution in [-0.2, 0) is 16.4 Å². The molecule has 9 heteroatoms. The van der Waals surface area contributed by atoms with Crippen LogP contribution in [0.4, 0.5) is 0 Å². The van der Waals surface area contributed by atoms with E-state index in [-0.39, 0.29) is 4.90 Å². The lowest BCUT2D eigenvalue weighted by atomic mass is 10.0. The van der Waals surface area contributed by atoms with Crippen LogP contribution in [0.15, 0.2) is 51.9 Å². The van der Waals surface area contributed by atoms with Gasteiger partial charge in [0.1, 0.15) is 11.5 Å². The molecule has 1 aliphatic rings. The van der Waals surface area contributed by atoms with E-state index < -0.39 is 10.0 Å². The Balaban J connectivity index is 1.49. The molecule has 0 saturated carbocycles. The second-order valence-corrected chi connectivity index (χ2v) is 9.96. The predicted molar refractivity (Wildman–Crippen MR) is 119 cm³/mol. The lowest BCUT2D eigenvalue weighted by Crippen LogP contribution is -2.37. The molecule has 2 aromatic carbocycles. The number of aromatic nitrogens is 2. The van der Waals surface area contributed by atoms with E-state index >= 15 is 0 Å². The summed E-state index contributed by atoms with van der Waals surface area (Å²) >= 11 is 0. The standard InChI is InChI=1S/C23H27N3O5S/c1-16-8-10-26(11-9-16)32(27,28)21-6-4-18(5-7-21)23-24-22(31-25-23)14-17-12-19(29-2)15-20(13-17)30-3/h4-7,12-13,15-16H,8-11,14H2,1-3H3. The molecule has 3 aromatic rings. The highest BCUT2D eigenvalue weighted by atomic mass is 32.2. The van der Waals surface area contributed by atoms with Gasteiger partial charge in [-0.05, 0) is 60.7 Å². The van der Waals surface area contributed by atoms with Crippen LogP contribution in [0.25, 0.3) is 11.4 Å². The highest BCUT2D eigenvalue weighted by molar-refractivity contribution is 7.89. The Hall–Kier alpha value is -2.91. The fourth-order valence-corrected chi connectivity index (χ4v) is 5.21. The van der Waals surface area contributed by atoms with E-state index in [1.165, 1.54) is 0 Å². The Morgan fingerprint density at radius 3 is 2.25 bits per heavy atom. The molecule has 170 valence electrons. The first kappa shape index (κ1) is 22.3. The normalized spacial score (nSPS) is 15.6. The van der Waals surface area contributed by atoms with Crippen LogP contribution in [0.2, 0.25) is 0 Å². The number of ether oxygens (including phenoxy) is 2. The summed E-state index contributed by atoms with van der Waals surface area (Å²) in [6, 6.07) is 12.2. The van der Waals surface area contributed by atoms with Gasteiger partial charge in [-0.25, -0.2) is 8.42 Å². The molecule has 0 radical (unpaired) electrons. The maximum atomic E-state index is 12.9. The summed E-state index contributed by atoms with van der Waals surface area (Å²) in [5.74, 6) is 2.77. The first-order valence-electron chi connectivity index (χ1n) is 10.5. The average molecular weight is 458 g/mol. The lowest BCUT2D eigenvalue weighted by molar-refractivity contribution is 0.288. The van der Waals surface area contributed by atoms with Crippen LogP contribution in [0, 0.1) is 5.92 Å². The van der Waals surface area contributed by atoms with Gasteiger partial charge in [-0.2, -0.15) is 9.29 Å². The van der Waals surface area contributed by atoms with E-state index in [4.69, 9.17) is 14.0 Å². The van der Waals surface area contributed by atoms with Crippen molar-refractivity contribution in [2.45, 2.75) is 31.1 Å². The molecule has 1 aromatic heterocycles. The van der Waals surface area contributed by atoms with Crippen molar-refractivity contribution in [1.29, 1.82) is 0 Å². The van der Waals surface area contributed by atoms with E-state index in [0.29, 0.717) is 54.2 Å². The Morgan fingerprint density at radius 2 is 1.66 bits per heavy atom. The Labute approximate surface area is 188 Å². The molecule has 8 nitrogen and oxygen atoms in total. The zero-order valence-corrected chi connectivity index (χ0v) is 19.3. The first-order valence-corrected chi connectivity index (χ1v) is 12.0. The summed E-state index contributed by atoms with van der Waals surface area (Å²) in [4.78, 5) is 4.74. The summed E-state index contributed by atoms with van der Waals surface area (Å²) in [5, 5.41) is 4.05. The molecule has 2 heterocycles. The minimum atomic E-state index is -3.49. The summed E-state index contributed by atoms with van der Waals surface area (Å²) in [7, 11) is -0.295. The van der Waals surface area contributed by atoms with Crippen molar-refractivity contribution in [3.05, 3.63) is 53.9 Å². The van der Waals surface area contributed by atoms with E-state index in [1.807, 2.05) is 12.1 Å². The minimum Gasteiger partial charge on any atom is -0.497 e. The average Bonchev–Trinajstić information content (AvgIpc) is 3.27. The van der Waals surface area contributed by atoms with Crippen LogP contribution < -0.4 is 9.47 Å². The fraction of sp³-hybridized carbons (Fsp3) is 0.391. The molecule has 1 saturated heterocycles. The number of rotatable bonds is 7. The van der Waals surface area contributed by atoms with Crippen molar-refractivity contribution in [3.8, 4) is 22.9 Å². The largest absolute Gasteiger partial charge is 0.497 e. The maximum Gasteiger partial charge on any atom is 0.243 e. The van der Waals surface area contributed by atoms with Gasteiger partial charge < -0.3 is 14.0 Å². The number of hydrogen-bond donors (Lipinski definition) is 0. The van der Waals surface area contributed by atoms with Gasteiger partial charge in [0.2, 0.25) is 21.7 Å². The maximum absolute atomic E-state index is 12.9. The quantitative estimate of drug-likeness (QED) is 0.533. The third kappa shape index (κ3) is 4.78. The molecular formula is C23H27N3O5S. The highest BCUT2D eigenvalue weighted by Crippen LogP contribution is 2.27. The molecule has 32 heavy (non-hydrogen) atoms. The molecule has 0 N–H and O–H groups in total. The summed E-state index contributed by atoms with van der Waals surface area (Å²) in [6.45, 7) is 3.28. The molecule has 1 aliphatic heterocycles. The van der Waals surface area contributed by atoms with Gasteiger partial charge in [0, 0.05) is 24.7 Å². The topological polar surface area (TPSA) is 94.8 Å². The Bertz CT molecular complexity index is 1140. The van der Waals surface area contributed by atoms with E-state index in [9.17, 15) is 8.42 Å². The van der Waals surface area contributed by atoms with Crippen molar-refractivity contribution in [1.82, 2.24) is 14.4 Å². The van der Waals surface area contributed by atoms with Crippen molar-refractivity contribution in [2.75, 3.05) is 27.3 Å². The van der Waals surface area contributed by atoms with Gasteiger partial charge in [0.25, 0.3) is 0 Å². The molecule has 0 atom stereocenters. The van der Waals surface area contributed by atoms with Crippen LogP contribution in [0.5, 0.6) is 11.5 Å². The number of methoxy groups -OCH3 is 2. The van der Waals surface area contributed by atoms with Crippen LogP contribution >= 0.6 is 0 Å². The zero-order chi connectivity index (χ0) is 22.7. The number of benzene rings is 2. The predicted octanol–water partition coefficient (Wildman–Crippen LogP) is 3.77. The van der Waals surface area contributed by atoms with Gasteiger partial charge in [-0.3, -0.25) is 0 Å². The van der Waals surface area contributed by atoms with Gasteiger partial charge in [0.05, 0.1) is 25.5 Å². The highest BCUT2D eigenvalue weighted by Gasteiger charge is 2.28. The summed E-state index contributed by atoms with van der Waals surface area (Å²) in [6.07, 6.45) is 2.20. The third-order valence-corrected chi connectivity index (χ3v) is 7.64. The third-order valence-electron chi connectivity index (χ3n) is 5.73. The number of hydrogen-bond acceptors (Lipinski definition) is 7. The molecule has 1 fully saturated rings. The van der Waals surface area contributed by atoms with Crippen molar-refractivity contribution in [2.24, 2.45) is 5.92 Å². The van der Waals surface area contributed by atoms with Gasteiger partial charge in [-0.1, -0.05) is 12.1 Å². The summed E-state index contributed by atoms with van der Waals surface area (Å²) in [5.41, 5.74) is 1.60. The monoisotopic (exact) mass is 457 g/mol. The molecule has 0 unspecified atom stereocenters. The zero-order valence-electron chi connectivity index (χ0n) is 18.4. The van der Waals surface area contributed by atoms with Crippen molar-refractivity contribution in [3.63, 3.8) is 0 Å². The SMILES string of the molecule is COc1cc(Cc2nc(-c3ccc(S(=O)(=O)N4CCC(C)CC4)cc3)no2)cc(OC)c1. The summed E-state index contributed by atoms with van der Waals surface area (Å²) < 4.78 is 43.4. The number of nitrogens with zero attached hydrogens (tertiary/aromatic N) is 3. The van der Waals surface area contributed by atoms with Gasteiger partial charge in [-0.15, -0.1) is 0 Å². The van der Waals surface area contributed by atoms with Gasteiger partial charge in [0.15, 0.2) is 0 Å². The van der Waals surface area contributed by atoms with Gasteiger partial charge >= 0.3 is 0 Å². The first-order chi connectivity index (χ1) is 15.4. The molecule has 0 bridgehead atoms. The number of piperidine rings is 1. The molecule has 0 aliphatic carbocycles. The molecular weight excluding hydrogens is 430 g/mol. The Kier molecular flexibility index (Phi) is 6.48. The van der Waals surface area contributed by atoms with Crippen LogP contribution in [-0.4, -0.2) is 50.2 Å². The molecule has 4 rings (SSSR count). The number of sulfonamides is 1. The van der Waals surface area contributed by atoms with Crippen LogP contribution in [0.3, 0.4) is 0 Å². The lowest BCUT2D eigenvalue weighted by Gasteiger charge is -2.29. The second kappa shape index (κ2) is 9.30. The van der Waals surface area contributed by atoms with Crippen molar-refractivity contribution >= 4 is 10.0 Å². The van der Waals surface area contributed by atoms with E-state index in [0.717, 1.165) is 18.4 Å². The smallest absolute Gasteiger partial charge is 0.243 e.